The molecule has 148 valence electrons. The highest BCUT2D eigenvalue weighted by molar-refractivity contribution is 14.0. The summed E-state index contributed by atoms with van der Waals surface area (Å²) in [6, 6.07) is 5.28. The van der Waals surface area contributed by atoms with Crippen molar-refractivity contribution in [3.8, 4) is 11.5 Å². The molecule has 1 aliphatic rings. The predicted octanol–water partition coefficient (Wildman–Crippen LogP) is 1.77. The molecule has 0 saturated heterocycles. The number of ether oxygens (including phenoxy) is 2. The number of guanidine groups is 1. The lowest BCUT2D eigenvalue weighted by Gasteiger charge is -2.18. The summed E-state index contributed by atoms with van der Waals surface area (Å²) in [6.07, 6.45) is 3.92. The first-order valence-corrected chi connectivity index (χ1v) is 9.98. The molecule has 2 unspecified atom stereocenters. The van der Waals surface area contributed by atoms with Crippen molar-refractivity contribution >= 4 is 45.6 Å². The third-order valence-electron chi connectivity index (χ3n) is 4.18. The van der Waals surface area contributed by atoms with Gasteiger partial charge in [-0.1, -0.05) is 6.42 Å². The first-order valence-electron chi connectivity index (χ1n) is 8.08. The predicted molar refractivity (Wildman–Crippen MR) is 114 cm³/mol. The van der Waals surface area contributed by atoms with Crippen molar-refractivity contribution in [1.82, 2.24) is 4.72 Å². The number of nitrogens with two attached hydrogens (primary N) is 1. The minimum absolute atomic E-state index is 0. The molecule has 10 heteroatoms. The number of hydrogen-bond donors (Lipinski definition) is 3. The molecule has 0 radical (unpaired) electrons. The number of nitrogens with one attached hydrogen (secondary N) is 2. The highest BCUT2D eigenvalue weighted by atomic mass is 127. The summed E-state index contributed by atoms with van der Waals surface area (Å²) in [5.74, 6) is 1.65. The minimum atomic E-state index is -3.21. The lowest BCUT2D eigenvalue weighted by atomic mass is 10.1. The van der Waals surface area contributed by atoms with Crippen molar-refractivity contribution in [2.75, 3.05) is 32.3 Å². The Kier molecular flexibility index (Phi) is 8.90. The van der Waals surface area contributed by atoms with E-state index in [1.54, 1.807) is 26.4 Å². The van der Waals surface area contributed by atoms with E-state index in [1.165, 1.54) is 6.26 Å². The monoisotopic (exact) mass is 498 g/mol. The summed E-state index contributed by atoms with van der Waals surface area (Å²) in [4.78, 5) is 4.36. The fourth-order valence-corrected chi connectivity index (χ4v) is 3.86. The standard InChI is InChI=1S/C16H26N4O4S.HI/c1-23-14-8-7-12(9-15(14)24-2)19-16(17)18-10-11-5-4-6-13(11)20-25(3,21)22;/h7-9,11,13,20H,4-6,10H2,1-3H3,(H3,17,18,19);1H. The van der Waals surface area contributed by atoms with Crippen LogP contribution in [0.1, 0.15) is 19.3 Å². The van der Waals surface area contributed by atoms with Crippen molar-refractivity contribution in [3.05, 3.63) is 18.2 Å². The SMILES string of the molecule is COc1ccc(NC(N)=NCC2CCCC2NS(C)(=O)=O)cc1OC.I. The number of benzene rings is 1. The molecule has 0 aromatic heterocycles. The van der Waals surface area contributed by atoms with Crippen LogP contribution in [-0.2, 0) is 10.0 Å². The van der Waals surface area contributed by atoms with Gasteiger partial charge in [0, 0.05) is 24.3 Å². The van der Waals surface area contributed by atoms with Gasteiger partial charge in [0.1, 0.15) is 0 Å². The highest BCUT2D eigenvalue weighted by Crippen LogP contribution is 2.30. The number of rotatable bonds is 7. The molecule has 8 nitrogen and oxygen atoms in total. The van der Waals surface area contributed by atoms with E-state index in [0.717, 1.165) is 24.9 Å². The topological polar surface area (TPSA) is 115 Å². The van der Waals surface area contributed by atoms with Crippen LogP contribution in [0.2, 0.25) is 0 Å². The molecular formula is C16H27IN4O4S. The number of halogens is 1. The van der Waals surface area contributed by atoms with Gasteiger partial charge in [0.25, 0.3) is 0 Å². The van der Waals surface area contributed by atoms with E-state index in [2.05, 4.69) is 15.0 Å². The van der Waals surface area contributed by atoms with Gasteiger partial charge in [-0.2, -0.15) is 0 Å². The maximum absolute atomic E-state index is 11.4. The molecule has 4 N–H and O–H groups in total. The molecule has 0 aliphatic heterocycles. The molecule has 0 bridgehead atoms. The number of sulfonamides is 1. The van der Waals surface area contributed by atoms with Crippen molar-refractivity contribution in [2.24, 2.45) is 16.6 Å². The fraction of sp³-hybridized carbons (Fsp3) is 0.562. The van der Waals surface area contributed by atoms with Crippen LogP contribution in [-0.4, -0.2) is 47.4 Å². The Bertz CT molecular complexity index is 727. The summed E-state index contributed by atoms with van der Waals surface area (Å²) in [5.41, 5.74) is 6.68. The molecule has 2 rings (SSSR count). The normalized spacial score (nSPS) is 20.3. The van der Waals surface area contributed by atoms with E-state index in [9.17, 15) is 8.42 Å². The molecule has 0 heterocycles. The van der Waals surface area contributed by atoms with Crippen LogP contribution in [0, 0.1) is 5.92 Å². The van der Waals surface area contributed by atoms with Crippen LogP contribution in [0.5, 0.6) is 11.5 Å². The first-order chi connectivity index (χ1) is 11.8. The number of aliphatic imine (C=N–C) groups is 1. The Morgan fingerprint density at radius 3 is 2.58 bits per heavy atom. The fourth-order valence-electron chi connectivity index (χ4n) is 3.00. The second-order valence-corrected chi connectivity index (χ2v) is 7.89. The van der Waals surface area contributed by atoms with Gasteiger partial charge in [-0.05, 0) is 30.9 Å². The second-order valence-electron chi connectivity index (χ2n) is 6.11. The molecule has 26 heavy (non-hydrogen) atoms. The maximum atomic E-state index is 11.4. The smallest absolute Gasteiger partial charge is 0.208 e. The van der Waals surface area contributed by atoms with E-state index >= 15 is 0 Å². The van der Waals surface area contributed by atoms with Gasteiger partial charge in [0.05, 0.1) is 20.5 Å². The number of methoxy groups -OCH3 is 2. The van der Waals surface area contributed by atoms with Gasteiger partial charge in [-0.25, -0.2) is 13.1 Å². The third-order valence-corrected chi connectivity index (χ3v) is 4.91. The van der Waals surface area contributed by atoms with Crippen molar-refractivity contribution in [2.45, 2.75) is 25.3 Å². The van der Waals surface area contributed by atoms with Crippen molar-refractivity contribution in [3.63, 3.8) is 0 Å². The molecule has 0 spiro atoms. The van der Waals surface area contributed by atoms with Gasteiger partial charge >= 0.3 is 0 Å². The van der Waals surface area contributed by atoms with E-state index in [1.807, 2.05) is 6.07 Å². The summed E-state index contributed by atoms with van der Waals surface area (Å²) < 4.78 is 36.0. The molecule has 1 aliphatic carbocycles. The van der Waals surface area contributed by atoms with Crippen LogP contribution in [0.15, 0.2) is 23.2 Å². The Morgan fingerprint density at radius 2 is 1.96 bits per heavy atom. The van der Waals surface area contributed by atoms with E-state index in [-0.39, 0.29) is 41.9 Å². The van der Waals surface area contributed by atoms with Crippen LogP contribution in [0.25, 0.3) is 0 Å². The van der Waals surface area contributed by atoms with Crippen molar-refractivity contribution in [1.29, 1.82) is 0 Å². The number of nitrogens with zero attached hydrogens (tertiary/aromatic N) is 1. The van der Waals surface area contributed by atoms with Crippen LogP contribution < -0.4 is 25.2 Å². The zero-order valence-electron chi connectivity index (χ0n) is 15.2. The van der Waals surface area contributed by atoms with Crippen molar-refractivity contribution < 1.29 is 17.9 Å². The van der Waals surface area contributed by atoms with E-state index in [4.69, 9.17) is 15.2 Å². The lowest BCUT2D eigenvalue weighted by Crippen LogP contribution is -2.38. The molecule has 1 aromatic carbocycles. The zero-order valence-corrected chi connectivity index (χ0v) is 18.3. The Hall–Kier alpha value is -1.27. The van der Waals surface area contributed by atoms with Gasteiger partial charge < -0.3 is 20.5 Å². The summed E-state index contributed by atoms with van der Waals surface area (Å²) in [7, 11) is -0.0767. The molecule has 2 atom stereocenters. The van der Waals surface area contributed by atoms with Crippen LogP contribution in [0.4, 0.5) is 5.69 Å². The Morgan fingerprint density at radius 1 is 1.27 bits per heavy atom. The average molecular weight is 498 g/mol. The third kappa shape index (κ3) is 6.80. The van der Waals surface area contributed by atoms with Crippen LogP contribution in [0.3, 0.4) is 0 Å². The second kappa shape index (κ2) is 10.2. The first kappa shape index (κ1) is 22.8. The Labute approximate surface area is 172 Å². The van der Waals surface area contributed by atoms with Gasteiger partial charge in [0.2, 0.25) is 10.0 Å². The van der Waals surface area contributed by atoms with Crippen LogP contribution >= 0.6 is 24.0 Å². The average Bonchev–Trinajstić information content (AvgIpc) is 2.97. The minimum Gasteiger partial charge on any atom is -0.493 e. The summed E-state index contributed by atoms with van der Waals surface area (Å²) in [6.45, 7) is 0.472. The molecule has 1 saturated carbocycles. The maximum Gasteiger partial charge on any atom is 0.208 e. The van der Waals surface area contributed by atoms with Gasteiger partial charge in [0.15, 0.2) is 17.5 Å². The zero-order chi connectivity index (χ0) is 18.4. The van der Waals surface area contributed by atoms with E-state index in [0.29, 0.717) is 18.0 Å². The van der Waals surface area contributed by atoms with E-state index < -0.39 is 10.0 Å². The molecular weight excluding hydrogens is 471 g/mol. The molecule has 0 amide bonds. The number of anilines is 1. The molecule has 1 aromatic rings. The largest absolute Gasteiger partial charge is 0.493 e. The highest BCUT2D eigenvalue weighted by Gasteiger charge is 2.29. The summed E-state index contributed by atoms with van der Waals surface area (Å²) >= 11 is 0. The lowest BCUT2D eigenvalue weighted by molar-refractivity contribution is 0.355. The van der Waals surface area contributed by atoms with Gasteiger partial charge in [-0.3, -0.25) is 4.99 Å². The molecule has 1 fully saturated rings. The quantitative estimate of drug-likeness (QED) is 0.300. The van der Waals surface area contributed by atoms with Gasteiger partial charge in [-0.15, -0.1) is 24.0 Å². The Balaban J connectivity index is 0.00000338. The number of hydrogen-bond acceptors (Lipinski definition) is 5. The summed E-state index contributed by atoms with van der Waals surface area (Å²) in [5, 5.41) is 3.01.